The van der Waals surface area contributed by atoms with E-state index in [2.05, 4.69) is 28.4 Å². The Hall–Kier alpha value is -1.43. The molecule has 5 nitrogen and oxygen atoms in total. The Bertz CT molecular complexity index is 513. The molecule has 5 heteroatoms. The summed E-state index contributed by atoms with van der Waals surface area (Å²) in [5.41, 5.74) is 8.76. The van der Waals surface area contributed by atoms with Gasteiger partial charge in [0, 0.05) is 31.7 Å². The molecule has 134 valence electrons. The van der Waals surface area contributed by atoms with Gasteiger partial charge in [-0.2, -0.15) is 0 Å². The van der Waals surface area contributed by atoms with Crippen LogP contribution in [0.3, 0.4) is 0 Å². The first-order chi connectivity index (χ1) is 11.7. The van der Waals surface area contributed by atoms with Crippen molar-refractivity contribution in [1.29, 1.82) is 0 Å². The highest BCUT2D eigenvalue weighted by Crippen LogP contribution is 2.19. The molecule has 0 spiro atoms. The summed E-state index contributed by atoms with van der Waals surface area (Å²) >= 11 is 0. The molecule has 1 aliphatic rings. The highest BCUT2D eigenvalue weighted by Gasteiger charge is 2.12. The van der Waals surface area contributed by atoms with E-state index in [9.17, 15) is 4.79 Å². The van der Waals surface area contributed by atoms with Gasteiger partial charge in [-0.25, -0.2) is 0 Å². The summed E-state index contributed by atoms with van der Waals surface area (Å²) in [6, 6.07) is 6.34. The van der Waals surface area contributed by atoms with E-state index in [0.29, 0.717) is 6.42 Å². The number of hydrogen-bond acceptors (Lipinski definition) is 4. The van der Waals surface area contributed by atoms with Crippen molar-refractivity contribution in [3.8, 4) is 0 Å². The van der Waals surface area contributed by atoms with E-state index in [1.807, 2.05) is 6.92 Å². The van der Waals surface area contributed by atoms with E-state index in [0.717, 1.165) is 76.3 Å². The van der Waals surface area contributed by atoms with Crippen molar-refractivity contribution in [2.45, 2.75) is 45.6 Å². The summed E-state index contributed by atoms with van der Waals surface area (Å²) in [5, 5.41) is 3.07. The molecule has 0 atom stereocenters. The van der Waals surface area contributed by atoms with E-state index in [1.165, 1.54) is 5.56 Å². The number of nitrogens with two attached hydrogens (primary N) is 1. The third-order valence-electron chi connectivity index (χ3n) is 4.44. The number of amides is 1. The summed E-state index contributed by atoms with van der Waals surface area (Å²) < 4.78 is 5.39. The number of rotatable bonds is 9. The fourth-order valence-electron chi connectivity index (χ4n) is 2.92. The average Bonchev–Trinajstić information content (AvgIpc) is 2.59. The van der Waals surface area contributed by atoms with Crippen LogP contribution in [0.1, 0.15) is 43.2 Å². The molecule has 1 aromatic carbocycles. The van der Waals surface area contributed by atoms with Gasteiger partial charge in [-0.3, -0.25) is 9.69 Å². The van der Waals surface area contributed by atoms with E-state index < -0.39 is 0 Å². The Balaban J connectivity index is 1.82. The summed E-state index contributed by atoms with van der Waals surface area (Å²) in [6.07, 6.45) is 4.73. The second kappa shape index (κ2) is 10.4. The minimum Gasteiger partial charge on any atom is -0.379 e. The van der Waals surface area contributed by atoms with Crippen LogP contribution in [-0.2, 0) is 16.1 Å². The number of benzene rings is 1. The topological polar surface area (TPSA) is 67.6 Å². The molecule has 0 radical (unpaired) electrons. The second-order valence-electron chi connectivity index (χ2n) is 6.54. The third-order valence-corrected chi connectivity index (χ3v) is 4.44. The van der Waals surface area contributed by atoms with Crippen molar-refractivity contribution >= 4 is 11.6 Å². The molecule has 24 heavy (non-hydrogen) atoms. The first-order valence-corrected chi connectivity index (χ1v) is 9.08. The molecule has 1 heterocycles. The zero-order valence-electron chi connectivity index (χ0n) is 14.9. The molecule has 1 fully saturated rings. The lowest BCUT2D eigenvalue weighted by atomic mass is 10.1. The smallest absolute Gasteiger partial charge is 0.224 e. The van der Waals surface area contributed by atoms with Crippen molar-refractivity contribution in [1.82, 2.24) is 4.90 Å². The maximum atomic E-state index is 12.1. The Kier molecular flexibility index (Phi) is 8.22. The van der Waals surface area contributed by atoms with Gasteiger partial charge in [0.05, 0.1) is 13.2 Å². The van der Waals surface area contributed by atoms with Crippen LogP contribution < -0.4 is 11.1 Å². The van der Waals surface area contributed by atoms with Gasteiger partial charge in [-0.15, -0.1) is 0 Å². The van der Waals surface area contributed by atoms with Crippen LogP contribution in [-0.4, -0.2) is 43.7 Å². The lowest BCUT2D eigenvalue weighted by molar-refractivity contribution is -0.116. The Morgan fingerprint density at radius 2 is 1.96 bits per heavy atom. The molecular weight excluding hydrogens is 302 g/mol. The summed E-state index contributed by atoms with van der Waals surface area (Å²) in [6.45, 7) is 7.23. The minimum atomic E-state index is 0.106. The maximum absolute atomic E-state index is 12.1. The highest BCUT2D eigenvalue weighted by atomic mass is 16.5. The summed E-state index contributed by atoms with van der Waals surface area (Å²) in [5.74, 6) is 0.106. The Labute approximate surface area is 145 Å². The van der Waals surface area contributed by atoms with Gasteiger partial charge < -0.3 is 15.8 Å². The van der Waals surface area contributed by atoms with Gasteiger partial charge in [-0.05, 0) is 43.5 Å². The van der Waals surface area contributed by atoms with Gasteiger partial charge in [0.2, 0.25) is 5.91 Å². The van der Waals surface area contributed by atoms with Gasteiger partial charge >= 0.3 is 0 Å². The van der Waals surface area contributed by atoms with Crippen molar-refractivity contribution in [2.75, 3.05) is 38.2 Å². The molecule has 2 rings (SSSR count). The van der Waals surface area contributed by atoms with Crippen molar-refractivity contribution in [3.63, 3.8) is 0 Å². The van der Waals surface area contributed by atoms with Crippen LogP contribution >= 0.6 is 0 Å². The van der Waals surface area contributed by atoms with Gasteiger partial charge in [0.1, 0.15) is 0 Å². The molecule has 0 saturated carbocycles. The predicted octanol–water partition coefficient (Wildman–Crippen LogP) is 2.67. The second-order valence-corrected chi connectivity index (χ2v) is 6.54. The van der Waals surface area contributed by atoms with Crippen LogP contribution in [0.5, 0.6) is 0 Å². The number of hydrogen-bond donors (Lipinski definition) is 2. The number of carbonyl (C=O) groups excluding carboxylic acids is 1. The molecular formula is C19H31N3O2. The normalized spacial score (nSPS) is 15.4. The standard InChI is InChI=1S/C19H31N3O2/c1-16-7-8-17(15-22-10-12-24-13-11-22)14-18(16)21-19(23)6-4-2-3-5-9-20/h7-8,14H,2-6,9-13,15,20H2,1H3,(H,21,23). The number of ether oxygens (including phenoxy) is 1. The predicted molar refractivity (Wildman–Crippen MR) is 98.0 cm³/mol. The van der Waals surface area contributed by atoms with Crippen molar-refractivity contribution in [3.05, 3.63) is 29.3 Å². The van der Waals surface area contributed by atoms with E-state index in [-0.39, 0.29) is 5.91 Å². The zero-order chi connectivity index (χ0) is 17.2. The van der Waals surface area contributed by atoms with Crippen LogP contribution in [0, 0.1) is 6.92 Å². The van der Waals surface area contributed by atoms with Crippen LogP contribution in [0.25, 0.3) is 0 Å². The van der Waals surface area contributed by atoms with Gasteiger partial charge in [-0.1, -0.05) is 25.0 Å². The van der Waals surface area contributed by atoms with Gasteiger partial charge in [0.15, 0.2) is 0 Å². The quantitative estimate of drug-likeness (QED) is 0.682. The Morgan fingerprint density at radius 3 is 2.71 bits per heavy atom. The minimum absolute atomic E-state index is 0.106. The number of nitrogens with one attached hydrogen (secondary N) is 1. The molecule has 0 aromatic heterocycles. The number of carbonyl (C=O) groups is 1. The third kappa shape index (κ3) is 6.59. The maximum Gasteiger partial charge on any atom is 0.224 e. The first kappa shape index (κ1) is 18.9. The molecule has 0 unspecified atom stereocenters. The van der Waals surface area contributed by atoms with Crippen molar-refractivity contribution in [2.24, 2.45) is 5.73 Å². The molecule has 1 saturated heterocycles. The molecule has 0 bridgehead atoms. The average molecular weight is 333 g/mol. The van der Waals surface area contributed by atoms with E-state index >= 15 is 0 Å². The number of morpholine rings is 1. The SMILES string of the molecule is Cc1ccc(CN2CCOCC2)cc1NC(=O)CCCCCCN. The van der Waals surface area contributed by atoms with Crippen molar-refractivity contribution < 1.29 is 9.53 Å². The number of anilines is 1. The molecule has 0 aliphatic carbocycles. The number of unbranched alkanes of at least 4 members (excludes halogenated alkanes) is 3. The lowest BCUT2D eigenvalue weighted by Crippen LogP contribution is -2.35. The fraction of sp³-hybridized carbons (Fsp3) is 0.632. The van der Waals surface area contributed by atoms with Crippen LogP contribution in [0.2, 0.25) is 0 Å². The summed E-state index contributed by atoms with van der Waals surface area (Å²) in [4.78, 5) is 14.5. The number of nitrogens with zero attached hydrogens (tertiary/aromatic N) is 1. The van der Waals surface area contributed by atoms with Crippen LogP contribution in [0.4, 0.5) is 5.69 Å². The largest absolute Gasteiger partial charge is 0.379 e. The highest BCUT2D eigenvalue weighted by molar-refractivity contribution is 5.91. The molecule has 3 N–H and O–H groups in total. The van der Waals surface area contributed by atoms with Gasteiger partial charge in [0.25, 0.3) is 0 Å². The Morgan fingerprint density at radius 1 is 1.21 bits per heavy atom. The van der Waals surface area contributed by atoms with E-state index in [4.69, 9.17) is 10.5 Å². The number of aryl methyl sites for hydroxylation is 1. The lowest BCUT2D eigenvalue weighted by Gasteiger charge is -2.26. The van der Waals surface area contributed by atoms with E-state index in [1.54, 1.807) is 0 Å². The van der Waals surface area contributed by atoms with Crippen LogP contribution in [0.15, 0.2) is 18.2 Å². The molecule has 1 amide bonds. The summed E-state index contributed by atoms with van der Waals surface area (Å²) in [7, 11) is 0. The fourth-order valence-corrected chi connectivity index (χ4v) is 2.92. The first-order valence-electron chi connectivity index (χ1n) is 9.08. The molecule has 1 aliphatic heterocycles. The molecule has 1 aromatic rings. The zero-order valence-corrected chi connectivity index (χ0v) is 14.9. The monoisotopic (exact) mass is 333 g/mol.